The maximum absolute atomic E-state index is 10.9. The Bertz CT molecular complexity index is 663. The minimum Gasteiger partial charge on any atom is -0.474 e. The molecule has 2 aromatic heterocycles. The van der Waals surface area contributed by atoms with Gasteiger partial charge in [-0.2, -0.15) is 5.10 Å². The summed E-state index contributed by atoms with van der Waals surface area (Å²) in [7, 11) is 0. The number of nitrogens with one attached hydrogen (secondary N) is 1. The van der Waals surface area contributed by atoms with Gasteiger partial charge in [0, 0.05) is 30.9 Å². The van der Waals surface area contributed by atoms with E-state index in [0.717, 1.165) is 55.4 Å². The van der Waals surface area contributed by atoms with Gasteiger partial charge in [-0.05, 0) is 12.5 Å². The molecular weight excluding hydrogens is 270 g/mol. The van der Waals surface area contributed by atoms with Crippen LogP contribution < -0.4 is 4.74 Å². The van der Waals surface area contributed by atoms with Gasteiger partial charge in [-0.1, -0.05) is 0 Å². The number of hydrogen-bond acceptors (Lipinski definition) is 5. The summed E-state index contributed by atoms with van der Waals surface area (Å²) in [5.74, 6) is 0.957. The first-order valence-corrected chi connectivity index (χ1v) is 7.39. The lowest BCUT2D eigenvalue weighted by Crippen LogP contribution is -2.26. The highest BCUT2D eigenvalue weighted by Crippen LogP contribution is 2.48. The fourth-order valence-electron chi connectivity index (χ4n) is 2.96. The molecule has 6 heteroatoms. The molecule has 2 aromatic rings. The van der Waals surface area contributed by atoms with Gasteiger partial charge in [0.1, 0.15) is 12.4 Å². The van der Waals surface area contributed by atoms with Crippen LogP contribution >= 0.6 is 0 Å². The highest BCUT2D eigenvalue weighted by molar-refractivity contribution is 5.87. The van der Waals surface area contributed by atoms with Crippen LogP contribution in [0.2, 0.25) is 0 Å². The first-order chi connectivity index (χ1) is 10.4. The summed E-state index contributed by atoms with van der Waals surface area (Å²) >= 11 is 0. The predicted octanol–water partition coefficient (Wildman–Crippen LogP) is 1.82. The van der Waals surface area contributed by atoms with Crippen molar-refractivity contribution < 1.29 is 14.3 Å². The van der Waals surface area contributed by atoms with Crippen molar-refractivity contribution in [2.24, 2.45) is 5.92 Å². The second kappa shape index (κ2) is 5.11. The zero-order valence-corrected chi connectivity index (χ0v) is 11.6. The first-order valence-electron chi connectivity index (χ1n) is 7.39. The van der Waals surface area contributed by atoms with Crippen molar-refractivity contribution in [1.82, 2.24) is 15.2 Å². The molecule has 0 bridgehead atoms. The third kappa shape index (κ3) is 2.29. The summed E-state index contributed by atoms with van der Waals surface area (Å²) in [6.07, 6.45) is 5.52. The van der Waals surface area contributed by atoms with Gasteiger partial charge >= 0.3 is 0 Å². The summed E-state index contributed by atoms with van der Waals surface area (Å²) in [6.45, 7) is 1.46. The predicted molar refractivity (Wildman–Crippen MR) is 75.3 cm³/mol. The second-order valence-corrected chi connectivity index (χ2v) is 5.72. The minimum atomic E-state index is 0.102. The Hall–Kier alpha value is -1.95. The molecule has 6 nitrogen and oxygen atoms in total. The number of carbonyl (C=O) groups excluding carboxylic acids is 1. The van der Waals surface area contributed by atoms with Crippen LogP contribution in [0.25, 0.3) is 10.9 Å². The maximum Gasteiger partial charge on any atom is 0.225 e. The molecule has 0 radical (unpaired) electrons. The average molecular weight is 287 g/mol. The fourth-order valence-corrected chi connectivity index (χ4v) is 2.96. The fraction of sp³-hybridized carbons (Fsp3) is 0.533. The van der Waals surface area contributed by atoms with E-state index in [1.807, 2.05) is 6.07 Å². The van der Waals surface area contributed by atoms with Gasteiger partial charge in [-0.25, -0.2) is 4.98 Å². The molecule has 0 amide bonds. The highest BCUT2D eigenvalue weighted by atomic mass is 16.5. The number of aromatic amines is 1. The summed E-state index contributed by atoms with van der Waals surface area (Å²) in [5, 5.41) is 8.31. The van der Waals surface area contributed by atoms with E-state index in [-0.39, 0.29) is 17.9 Å². The van der Waals surface area contributed by atoms with E-state index >= 15 is 0 Å². The Labute approximate surface area is 121 Å². The number of hydrogen-bond donors (Lipinski definition) is 1. The summed E-state index contributed by atoms with van der Waals surface area (Å²) in [5.41, 5.74) is 1.83. The number of carbonyl (C=O) groups is 1. The zero-order chi connectivity index (χ0) is 14.2. The van der Waals surface area contributed by atoms with Crippen LogP contribution in [0.5, 0.6) is 5.88 Å². The molecule has 2 atom stereocenters. The molecule has 2 unspecified atom stereocenters. The number of aromatic nitrogens is 3. The molecule has 1 aliphatic carbocycles. The second-order valence-electron chi connectivity index (χ2n) is 5.72. The molecule has 2 aliphatic rings. The van der Waals surface area contributed by atoms with Crippen molar-refractivity contribution in [3.8, 4) is 5.88 Å². The zero-order valence-electron chi connectivity index (χ0n) is 11.6. The van der Waals surface area contributed by atoms with E-state index in [2.05, 4.69) is 15.2 Å². The van der Waals surface area contributed by atoms with Crippen molar-refractivity contribution >= 4 is 17.2 Å². The van der Waals surface area contributed by atoms with E-state index in [9.17, 15) is 4.79 Å². The van der Waals surface area contributed by atoms with Gasteiger partial charge in [0.15, 0.2) is 0 Å². The van der Waals surface area contributed by atoms with Gasteiger partial charge in [-0.3, -0.25) is 5.10 Å². The monoisotopic (exact) mass is 287 g/mol. The summed E-state index contributed by atoms with van der Waals surface area (Å²) < 4.78 is 11.4. The topological polar surface area (TPSA) is 77.1 Å². The third-order valence-corrected chi connectivity index (χ3v) is 4.29. The van der Waals surface area contributed by atoms with E-state index in [1.54, 1.807) is 6.20 Å². The molecule has 0 spiro atoms. The van der Waals surface area contributed by atoms with Crippen molar-refractivity contribution in [1.29, 1.82) is 0 Å². The Balaban J connectivity index is 1.67. The van der Waals surface area contributed by atoms with Crippen LogP contribution in [-0.2, 0) is 9.53 Å². The molecule has 2 fully saturated rings. The van der Waals surface area contributed by atoms with Gasteiger partial charge in [0.2, 0.25) is 5.88 Å². The Kier molecular flexibility index (Phi) is 3.11. The van der Waals surface area contributed by atoms with E-state index in [4.69, 9.17) is 9.47 Å². The lowest BCUT2D eigenvalue weighted by molar-refractivity contribution is -0.108. The normalized spacial score (nSPS) is 25.9. The van der Waals surface area contributed by atoms with E-state index in [1.165, 1.54) is 0 Å². The van der Waals surface area contributed by atoms with Crippen LogP contribution in [0.15, 0.2) is 12.3 Å². The molecule has 1 saturated heterocycles. The quantitative estimate of drug-likeness (QED) is 0.868. The molecule has 3 heterocycles. The van der Waals surface area contributed by atoms with Crippen molar-refractivity contribution in [2.75, 3.05) is 13.2 Å². The van der Waals surface area contributed by atoms with Gasteiger partial charge < -0.3 is 14.3 Å². The van der Waals surface area contributed by atoms with Crippen LogP contribution in [-0.4, -0.2) is 40.8 Å². The minimum absolute atomic E-state index is 0.102. The molecule has 1 saturated carbocycles. The number of ether oxygens (including phenoxy) is 2. The lowest BCUT2D eigenvalue weighted by Gasteiger charge is -2.23. The highest BCUT2D eigenvalue weighted by Gasteiger charge is 2.41. The number of aldehydes is 1. The molecule has 1 N–H and O–H groups in total. The van der Waals surface area contributed by atoms with Crippen molar-refractivity contribution in [3.05, 3.63) is 18.0 Å². The molecule has 1 aliphatic heterocycles. The van der Waals surface area contributed by atoms with E-state index < -0.39 is 0 Å². The van der Waals surface area contributed by atoms with Crippen LogP contribution in [0.3, 0.4) is 0 Å². The third-order valence-electron chi connectivity index (χ3n) is 4.29. The Morgan fingerprint density at radius 1 is 1.38 bits per heavy atom. The number of nitrogens with zero attached hydrogens (tertiary/aromatic N) is 2. The lowest BCUT2D eigenvalue weighted by atomic mass is 10.1. The molecule has 110 valence electrons. The molecule has 21 heavy (non-hydrogen) atoms. The maximum atomic E-state index is 10.9. The number of pyridine rings is 1. The molecular formula is C15H17N3O3. The Morgan fingerprint density at radius 2 is 2.24 bits per heavy atom. The van der Waals surface area contributed by atoms with Crippen LogP contribution in [0, 0.1) is 5.92 Å². The number of fused-ring (bicyclic) bond motifs is 1. The number of rotatable bonds is 4. The molecule has 4 rings (SSSR count). The largest absolute Gasteiger partial charge is 0.474 e. The first kappa shape index (κ1) is 12.8. The van der Waals surface area contributed by atoms with Gasteiger partial charge in [0.05, 0.1) is 29.8 Å². The van der Waals surface area contributed by atoms with Gasteiger partial charge in [-0.15, -0.1) is 0 Å². The van der Waals surface area contributed by atoms with Crippen LogP contribution in [0.4, 0.5) is 0 Å². The molecule has 0 aromatic carbocycles. The van der Waals surface area contributed by atoms with Gasteiger partial charge in [0.25, 0.3) is 0 Å². The van der Waals surface area contributed by atoms with E-state index in [0.29, 0.717) is 5.88 Å². The SMILES string of the molecule is O=CC1CC1c1[nH]nc2ccnc(OC3CCOCC3)c12. The average Bonchev–Trinajstić information content (AvgIpc) is 3.19. The standard InChI is InChI=1S/C15H17N3O3/c19-8-9-7-11(9)14-13-12(17-18-14)1-4-16-15(13)21-10-2-5-20-6-3-10/h1,4,8-11H,2-3,5-7H2,(H,17,18). The van der Waals surface area contributed by atoms with Crippen LogP contribution in [0.1, 0.15) is 30.9 Å². The summed E-state index contributed by atoms with van der Waals surface area (Å²) in [4.78, 5) is 15.3. The number of H-pyrrole nitrogens is 1. The summed E-state index contributed by atoms with van der Waals surface area (Å²) in [6, 6.07) is 1.87. The van der Waals surface area contributed by atoms with Crippen molar-refractivity contribution in [2.45, 2.75) is 31.3 Å². The smallest absolute Gasteiger partial charge is 0.225 e. The Morgan fingerprint density at radius 3 is 3.00 bits per heavy atom. The van der Waals surface area contributed by atoms with Crippen molar-refractivity contribution in [3.63, 3.8) is 0 Å².